The number of Topliss-reactive ketones (excluding diaryl/α,β-unsaturated/α-hetero) is 1. The molecular weight excluding hydrogens is 336 g/mol. The molecule has 3 heteroatoms. The number of benzene rings is 3. The highest BCUT2D eigenvalue weighted by Gasteiger charge is 2.12. The minimum atomic E-state index is -0.465. The molecule has 0 bridgehead atoms. The van der Waals surface area contributed by atoms with Crippen molar-refractivity contribution in [2.24, 2.45) is 0 Å². The van der Waals surface area contributed by atoms with Crippen LogP contribution in [0.25, 0.3) is 0 Å². The van der Waals surface area contributed by atoms with E-state index in [1.54, 1.807) is 12.1 Å². The minimum absolute atomic E-state index is 0.198. The normalized spacial score (nSPS) is 11.1. The molecule has 0 aliphatic rings. The summed E-state index contributed by atoms with van der Waals surface area (Å²) in [7, 11) is 0. The van der Waals surface area contributed by atoms with Crippen molar-refractivity contribution in [2.45, 2.75) is 13.2 Å². The minimum Gasteiger partial charge on any atom is -0.461 e. The lowest BCUT2D eigenvalue weighted by atomic mass is 10.1. The van der Waals surface area contributed by atoms with Crippen molar-refractivity contribution in [1.29, 1.82) is 0 Å². The van der Waals surface area contributed by atoms with E-state index < -0.39 is 6.29 Å². The fraction of sp³-hybridized carbons (Fsp3) is 0.125. The highest BCUT2D eigenvalue weighted by molar-refractivity contribution is 6.09. The highest BCUT2D eigenvalue weighted by atomic mass is 16.7. The molecular formula is C24H20O3. The number of carbonyl (C=O) groups excluding carboxylic acids is 1. The Morgan fingerprint density at radius 2 is 1.52 bits per heavy atom. The van der Waals surface area contributed by atoms with Crippen molar-refractivity contribution in [3.05, 3.63) is 102 Å². The third-order valence-corrected chi connectivity index (χ3v) is 3.84. The molecule has 0 aliphatic heterocycles. The molecule has 0 saturated heterocycles. The fourth-order valence-electron chi connectivity index (χ4n) is 2.49. The second kappa shape index (κ2) is 9.38. The lowest BCUT2D eigenvalue weighted by molar-refractivity contribution is -0.0786. The zero-order valence-corrected chi connectivity index (χ0v) is 15.1. The Hall–Kier alpha value is -3.35. The van der Waals surface area contributed by atoms with E-state index in [1.165, 1.54) is 0 Å². The SMILES string of the molecule is CCOC(Oc1ccc(C#CC(=O)c2ccccc2)cc1)c1ccccc1. The van der Waals surface area contributed by atoms with Gasteiger partial charge in [0, 0.05) is 23.3 Å². The van der Waals surface area contributed by atoms with Crippen molar-refractivity contribution < 1.29 is 14.3 Å². The highest BCUT2D eigenvalue weighted by Crippen LogP contribution is 2.23. The van der Waals surface area contributed by atoms with Gasteiger partial charge < -0.3 is 9.47 Å². The summed E-state index contributed by atoms with van der Waals surface area (Å²) >= 11 is 0. The zero-order chi connectivity index (χ0) is 18.9. The first-order valence-electron chi connectivity index (χ1n) is 8.81. The second-order valence-electron chi connectivity index (χ2n) is 5.79. The first-order chi connectivity index (χ1) is 13.3. The first kappa shape index (κ1) is 18.4. The van der Waals surface area contributed by atoms with Gasteiger partial charge in [0.2, 0.25) is 12.1 Å². The summed E-state index contributed by atoms with van der Waals surface area (Å²) in [5.74, 6) is 6.04. The maximum Gasteiger partial charge on any atom is 0.236 e. The van der Waals surface area contributed by atoms with Gasteiger partial charge in [-0.25, -0.2) is 0 Å². The monoisotopic (exact) mass is 356 g/mol. The standard InChI is InChI=1S/C24H20O3/c1-2-26-24(21-11-7-4-8-12-21)27-22-16-13-19(14-17-22)15-18-23(25)20-9-5-3-6-10-20/h3-14,16-17,24H,2H2,1H3. The van der Waals surface area contributed by atoms with E-state index in [2.05, 4.69) is 11.8 Å². The topological polar surface area (TPSA) is 35.5 Å². The van der Waals surface area contributed by atoms with Crippen LogP contribution < -0.4 is 4.74 Å². The number of ether oxygens (including phenoxy) is 2. The van der Waals surface area contributed by atoms with Crippen LogP contribution >= 0.6 is 0 Å². The second-order valence-corrected chi connectivity index (χ2v) is 5.79. The summed E-state index contributed by atoms with van der Waals surface area (Å²) in [4.78, 5) is 12.0. The molecule has 1 atom stereocenters. The molecule has 0 radical (unpaired) electrons. The van der Waals surface area contributed by atoms with Gasteiger partial charge in [0.1, 0.15) is 5.75 Å². The average Bonchev–Trinajstić information content (AvgIpc) is 2.74. The maximum atomic E-state index is 12.0. The van der Waals surface area contributed by atoms with E-state index in [4.69, 9.17) is 9.47 Å². The molecule has 0 amide bonds. The van der Waals surface area contributed by atoms with Gasteiger partial charge in [-0.05, 0) is 37.1 Å². The van der Waals surface area contributed by atoms with Gasteiger partial charge in [-0.15, -0.1) is 0 Å². The number of rotatable bonds is 6. The van der Waals surface area contributed by atoms with Crippen molar-refractivity contribution in [3.8, 4) is 17.6 Å². The zero-order valence-electron chi connectivity index (χ0n) is 15.1. The number of ketones is 1. The van der Waals surface area contributed by atoms with Gasteiger partial charge in [0.05, 0.1) is 0 Å². The van der Waals surface area contributed by atoms with E-state index in [-0.39, 0.29) is 5.78 Å². The summed E-state index contributed by atoms with van der Waals surface area (Å²) in [5, 5.41) is 0. The Labute approximate surface area is 159 Å². The van der Waals surface area contributed by atoms with E-state index in [1.807, 2.05) is 79.7 Å². The summed E-state index contributed by atoms with van der Waals surface area (Å²) < 4.78 is 11.6. The summed E-state index contributed by atoms with van der Waals surface area (Å²) in [6.07, 6.45) is -0.465. The van der Waals surface area contributed by atoms with Crippen LogP contribution in [0.3, 0.4) is 0 Å². The molecule has 3 rings (SSSR count). The smallest absolute Gasteiger partial charge is 0.236 e. The fourth-order valence-corrected chi connectivity index (χ4v) is 2.49. The Morgan fingerprint density at radius 3 is 2.15 bits per heavy atom. The first-order valence-corrected chi connectivity index (χ1v) is 8.81. The van der Waals surface area contributed by atoms with E-state index in [0.29, 0.717) is 17.9 Å². The Bertz CT molecular complexity index is 920. The van der Waals surface area contributed by atoms with Gasteiger partial charge in [0.15, 0.2) is 0 Å². The molecule has 0 aliphatic carbocycles. The van der Waals surface area contributed by atoms with E-state index in [0.717, 1.165) is 11.1 Å². The predicted molar refractivity (Wildman–Crippen MR) is 106 cm³/mol. The number of carbonyl (C=O) groups is 1. The largest absolute Gasteiger partial charge is 0.461 e. The van der Waals surface area contributed by atoms with Crippen LogP contribution in [0.1, 0.15) is 34.7 Å². The van der Waals surface area contributed by atoms with Gasteiger partial charge in [-0.3, -0.25) is 4.79 Å². The van der Waals surface area contributed by atoms with Crippen LogP contribution in [0, 0.1) is 11.8 Å². The van der Waals surface area contributed by atoms with Gasteiger partial charge in [-0.2, -0.15) is 0 Å². The Morgan fingerprint density at radius 1 is 0.889 bits per heavy atom. The Balaban J connectivity index is 1.68. The van der Waals surface area contributed by atoms with Gasteiger partial charge in [0.25, 0.3) is 0 Å². The third-order valence-electron chi connectivity index (χ3n) is 3.84. The molecule has 0 spiro atoms. The molecule has 3 nitrogen and oxygen atoms in total. The summed E-state index contributed by atoms with van der Waals surface area (Å²) in [6, 6.07) is 26.1. The molecule has 0 fully saturated rings. The lowest BCUT2D eigenvalue weighted by Gasteiger charge is -2.19. The molecule has 3 aromatic carbocycles. The molecule has 3 aromatic rings. The molecule has 0 saturated carbocycles. The van der Waals surface area contributed by atoms with Crippen molar-refractivity contribution in [2.75, 3.05) is 6.61 Å². The number of hydrogen-bond acceptors (Lipinski definition) is 3. The Kier molecular flexibility index (Phi) is 6.40. The van der Waals surface area contributed by atoms with Crippen molar-refractivity contribution in [3.63, 3.8) is 0 Å². The van der Waals surface area contributed by atoms with Crippen LogP contribution in [0.2, 0.25) is 0 Å². The molecule has 134 valence electrons. The molecule has 0 heterocycles. The van der Waals surface area contributed by atoms with Crippen LogP contribution in [0.4, 0.5) is 0 Å². The molecule has 0 aromatic heterocycles. The number of hydrogen-bond donors (Lipinski definition) is 0. The summed E-state index contributed by atoms with van der Waals surface area (Å²) in [6.45, 7) is 2.48. The van der Waals surface area contributed by atoms with Gasteiger partial charge in [-0.1, -0.05) is 66.6 Å². The predicted octanol–water partition coefficient (Wildman–Crippen LogP) is 5.04. The summed E-state index contributed by atoms with van der Waals surface area (Å²) in [5.41, 5.74) is 2.29. The third kappa shape index (κ3) is 5.31. The van der Waals surface area contributed by atoms with E-state index >= 15 is 0 Å². The van der Waals surface area contributed by atoms with Crippen molar-refractivity contribution in [1.82, 2.24) is 0 Å². The van der Waals surface area contributed by atoms with Crippen LogP contribution in [0.5, 0.6) is 5.75 Å². The maximum absolute atomic E-state index is 12.0. The van der Waals surface area contributed by atoms with Crippen molar-refractivity contribution >= 4 is 5.78 Å². The average molecular weight is 356 g/mol. The van der Waals surface area contributed by atoms with E-state index in [9.17, 15) is 4.79 Å². The van der Waals surface area contributed by atoms with Crippen LogP contribution in [-0.4, -0.2) is 12.4 Å². The molecule has 0 N–H and O–H groups in total. The van der Waals surface area contributed by atoms with Crippen LogP contribution in [0.15, 0.2) is 84.9 Å². The quantitative estimate of drug-likeness (QED) is 0.353. The van der Waals surface area contributed by atoms with Gasteiger partial charge >= 0.3 is 0 Å². The van der Waals surface area contributed by atoms with Crippen LogP contribution in [-0.2, 0) is 4.74 Å². The lowest BCUT2D eigenvalue weighted by Crippen LogP contribution is -2.11. The molecule has 27 heavy (non-hydrogen) atoms. The molecule has 1 unspecified atom stereocenters.